The Morgan fingerprint density at radius 3 is 2.50 bits per heavy atom. The fourth-order valence-electron chi connectivity index (χ4n) is 2.64. The van der Waals surface area contributed by atoms with Crippen molar-refractivity contribution in [2.75, 3.05) is 23.3 Å². The van der Waals surface area contributed by atoms with Crippen molar-refractivity contribution in [1.82, 2.24) is 15.0 Å². The molecule has 3 heterocycles. The lowest BCUT2D eigenvalue weighted by Gasteiger charge is -2.36. The lowest BCUT2D eigenvalue weighted by atomic mass is 10.2. The van der Waals surface area contributed by atoms with E-state index in [0.717, 1.165) is 24.5 Å². The van der Waals surface area contributed by atoms with Crippen molar-refractivity contribution in [3.8, 4) is 0 Å². The summed E-state index contributed by atoms with van der Waals surface area (Å²) in [4.78, 5) is 15.1. The number of morpholine rings is 1. The van der Waals surface area contributed by atoms with E-state index in [1.807, 2.05) is 6.20 Å². The highest BCUT2D eigenvalue weighted by atomic mass is 16.5. The van der Waals surface area contributed by atoms with Gasteiger partial charge in [0, 0.05) is 38.2 Å². The molecule has 1 aliphatic heterocycles. The molecule has 6 heteroatoms. The van der Waals surface area contributed by atoms with Gasteiger partial charge in [-0.25, -0.2) is 15.0 Å². The van der Waals surface area contributed by atoms with Crippen LogP contribution in [0, 0.1) is 0 Å². The van der Waals surface area contributed by atoms with E-state index in [-0.39, 0.29) is 12.2 Å². The first-order valence-electron chi connectivity index (χ1n) is 7.57. The third kappa shape index (κ3) is 3.71. The molecule has 0 radical (unpaired) electrons. The summed E-state index contributed by atoms with van der Waals surface area (Å²) in [6.07, 6.45) is 5.81. The summed E-state index contributed by atoms with van der Waals surface area (Å²) in [5.41, 5.74) is 1.10. The van der Waals surface area contributed by atoms with Gasteiger partial charge in [-0.1, -0.05) is 6.07 Å². The maximum Gasteiger partial charge on any atom is 0.222 e. The van der Waals surface area contributed by atoms with Gasteiger partial charge in [-0.2, -0.15) is 0 Å². The van der Waals surface area contributed by atoms with Gasteiger partial charge in [0.1, 0.15) is 5.82 Å². The minimum absolute atomic E-state index is 0.238. The fourth-order valence-corrected chi connectivity index (χ4v) is 2.64. The molecule has 3 rings (SSSR count). The van der Waals surface area contributed by atoms with Gasteiger partial charge < -0.3 is 15.0 Å². The fraction of sp³-hybridized carbons (Fsp3) is 0.438. The van der Waals surface area contributed by atoms with Crippen molar-refractivity contribution in [2.45, 2.75) is 32.6 Å². The quantitative estimate of drug-likeness (QED) is 0.933. The van der Waals surface area contributed by atoms with Gasteiger partial charge in [-0.05, 0) is 31.5 Å². The average molecular weight is 299 g/mol. The van der Waals surface area contributed by atoms with Crippen LogP contribution in [0.5, 0.6) is 0 Å². The molecule has 0 spiro atoms. The largest absolute Gasteiger partial charge is 0.372 e. The molecule has 0 saturated carbocycles. The average Bonchev–Trinajstić information content (AvgIpc) is 2.53. The van der Waals surface area contributed by atoms with E-state index < -0.39 is 0 Å². The number of hydrogen-bond donors (Lipinski definition) is 1. The maximum absolute atomic E-state index is 5.76. The summed E-state index contributed by atoms with van der Waals surface area (Å²) in [5.74, 6) is 1.63. The van der Waals surface area contributed by atoms with Gasteiger partial charge >= 0.3 is 0 Å². The van der Waals surface area contributed by atoms with Crippen LogP contribution in [0.25, 0.3) is 0 Å². The highest BCUT2D eigenvalue weighted by Crippen LogP contribution is 2.18. The predicted octanol–water partition coefficient (Wildman–Crippen LogP) is 2.10. The number of aromatic nitrogens is 3. The highest BCUT2D eigenvalue weighted by molar-refractivity contribution is 5.40. The Morgan fingerprint density at radius 1 is 1.14 bits per heavy atom. The van der Waals surface area contributed by atoms with Crippen LogP contribution in [0.3, 0.4) is 0 Å². The van der Waals surface area contributed by atoms with Crippen molar-refractivity contribution in [3.63, 3.8) is 0 Å². The summed E-state index contributed by atoms with van der Waals surface area (Å²) in [6, 6.07) is 5.95. The number of rotatable bonds is 4. The number of anilines is 2. The Morgan fingerprint density at radius 2 is 1.86 bits per heavy atom. The van der Waals surface area contributed by atoms with Gasteiger partial charge in [0.05, 0.1) is 12.2 Å². The summed E-state index contributed by atoms with van der Waals surface area (Å²) >= 11 is 0. The molecule has 0 unspecified atom stereocenters. The van der Waals surface area contributed by atoms with Crippen LogP contribution in [-0.2, 0) is 11.3 Å². The third-order valence-corrected chi connectivity index (χ3v) is 3.57. The van der Waals surface area contributed by atoms with Crippen LogP contribution in [0.15, 0.2) is 36.8 Å². The van der Waals surface area contributed by atoms with Gasteiger partial charge in [-0.3, -0.25) is 0 Å². The Labute approximate surface area is 130 Å². The van der Waals surface area contributed by atoms with Gasteiger partial charge in [0.2, 0.25) is 5.95 Å². The lowest BCUT2D eigenvalue weighted by Crippen LogP contribution is -2.45. The molecule has 116 valence electrons. The Balaban J connectivity index is 1.60. The van der Waals surface area contributed by atoms with Crippen molar-refractivity contribution < 1.29 is 4.74 Å². The van der Waals surface area contributed by atoms with E-state index in [1.54, 1.807) is 18.5 Å². The minimum atomic E-state index is 0.238. The summed E-state index contributed by atoms with van der Waals surface area (Å²) in [6.45, 7) is 6.62. The zero-order chi connectivity index (χ0) is 15.4. The zero-order valence-corrected chi connectivity index (χ0v) is 12.9. The van der Waals surface area contributed by atoms with E-state index in [1.165, 1.54) is 0 Å². The molecule has 0 aromatic carbocycles. The number of nitrogens with zero attached hydrogens (tertiary/aromatic N) is 4. The van der Waals surface area contributed by atoms with E-state index in [4.69, 9.17) is 4.74 Å². The van der Waals surface area contributed by atoms with Crippen LogP contribution < -0.4 is 10.2 Å². The normalized spacial score (nSPS) is 21.6. The number of hydrogen-bond acceptors (Lipinski definition) is 6. The van der Waals surface area contributed by atoms with Crippen molar-refractivity contribution >= 4 is 11.8 Å². The molecule has 1 N–H and O–H groups in total. The predicted molar refractivity (Wildman–Crippen MR) is 85.8 cm³/mol. The van der Waals surface area contributed by atoms with Crippen molar-refractivity contribution in [1.29, 1.82) is 0 Å². The van der Waals surface area contributed by atoms with E-state index >= 15 is 0 Å². The Hall–Kier alpha value is -2.21. The first-order chi connectivity index (χ1) is 10.7. The number of ether oxygens (including phenoxy) is 1. The maximum atomic E-state index is 5.76. The van der Waals surface area contributed by atoms with Crippen molar-refractivity contribution in [2.24, 2.45) is 0 Å². The standard InChI is InChI=1S/C16H21N5O/c1-12-10-21(11-13(2)22-12)15-5-4-14(8-19-15)9-20-16-17-6-3-7-18-16/h3-8,12-13H,9-11H2,1-2H3,(H,17,18,20)/t12-,13-/m1/s1. The molecular weight excluding hydrogens is 278 g/mol. The summed E-state index contributed by atoms with van der Waals surface area (Å²) in [7, 11) is 0. The minimum Gasteiger partial charge on any atom is -0.372 e. The monoisotopic (exact) mass is 299 g/mol. The second-order valence-corrected chi connectivity index (χ2v) is 5.61. The summed E-state index contributed by atoms with van der Waals surface area (Å²) < 4.78 is 5.76. The Bertz CT molecular complexity index is 579. The van der Waals surface area contributed by atoms with E-state index in [9.17, 15) is 0 Å². The molecule has 2 aromatic heterocycles. The van der Waals surface area contributed by atoms with Gasteiger partial charge in [0.25, 0.3) is 0 Å². The molecule has 0 amide bonds. The molecule has 1 saturated heterocycles. The molecule has 1 fully saturated rings. The smallest absolute Gasteiger partial charge is 0.222 e. The molecule has 6 nitrogen and oxygen atoms in total. The molecule has 2 aromatic rings. The topological polar surface area (TPSA) is 63.2 Å². The third-order valence-electron chi connectivity index (χ3n) is 3.57. The zero-order valence-electron chi connectivity index (χ0n) is 12.9. The second kappa shape index (κ2) is 6.70. The first-order valence-corrected chi connectivity index (χ1v) is 7.57. The van der Waals surface area contributed by atoms with Gasteiger partial charge in [0.15, 0.2) is 0 Å². The molecular formula is C16H21N5O. The summed E-state index contributed by atoms with van der Waals surface area (Å²) in [5, 5.41) is 3.18. The SMILES string of the molecule is C[C@@H]1CN(c2ccc(CNc3ncccn3)cn2)C[C@@H](C)O1. The van der Waals surface area contributed by atoms with E-state index in [2.05, 4.69) is 51.1 Å². The van der Waals surface area contributed by atoms with E-state index in [0.29, 0.717) is 12.5 Å². The molecule has 22 heavy (non-hydrogen) atoms. The lowest BCUT2D eigenvalue weighted by molar-refractivity contribution is -0.00545. The highest BCUT2D eigenvalue weighted by Gasteiger charge is 2.22. The molecule has 2 atom stereocenters. The van der Waals surface area contributed by atoms with Crippen LogP contribution in [0.2, 0.25) is 0 Å². The number of nitrogens with one attached hydrogen (secondary N) is 1. The molecule has 0 aliphatic carbocycles. The molecule has 0 bridgehead atoms. The molecule has 1 aliphatic rings. The van der Waals surface area contributed by atoms with Gasteiger partial charge in [-0.15, -0.1) is 0 Å². The number of pyridine rings is 1. The first kappa shape index (κ1) is 14.7. The van der Waals surface area contributed by atoms with Crippen LogP contribution in [0.4, 0.5) is 11.8 Å². The van der Waals surface area contributed by atoms with Crippen LogP contribution in [-0.4, -0.2) is 40.2 Å². The van der Waals surface area contributed by atoms with Crippen LogP contribution >= 0.6 is 0 Å². The van der Waals surface area contributed by atoms with Crippen molar-refractivity contribution in [3.05, 3.63) is 42.4 Å². The Kier molecular flexibility index (Phi) is 4.48. The van der Waals surface area contributed by atoms with Crippen LogP contribution in [0.1, 0.15) is 19.4 Å². The second-order valence-electron chi connectivity index (χ2n) is 5.61.